The molecule has 0 aliphatic carbocycles. The van der Waals surface area contributed by atoms with Crippen LogP contribution in [-0.4, -0.2) is 37.7 Å². The van der Waals surface area contributed by atoms with Crippen LogP contribution in [0.1, 0.15) is 5.56 Å². The maximum absolute atomic E-state index is 13.1. The summed E-state index contributed by atoms with van der Waals surface area (Å²) in [5, 5.41) is 5.59. The van der Waals surface area contributed by atoms with Gasteiger partial charge in [0.1, 0.15) is 11.5 Å². The number of rotatable bonds is 7. The number of hydrogen-bond acceptors (Lipinski definition) is 5. The van der Waals surface area contributed by atoms with E-state index in [1.165, 1.54) is 25.5 Å². The summed E-state index contributed by atoms with van der Waals surface area (Å²) in [6.45, 7) is 0. The van der Waals surface area contributed by atoms with Gasteiger partial charge in [0, 0.05) is 5.56 Å². The average molecular weight is 413 g/mol. The van der Waals surface area contributed by atoms with E-state index >= 15 is 0 Å². The van der Waals surface area contributed by atoms with E-state index in [1.54, 1.807) is 24.3 Å². The van der Waals surface area contributed by atoms with Crippen LogP contribution in [0.3, 0.4) is 0 Å². The van der Waals surface area contributed by atoms with E-state index in [0.717, 1.165) is 12.1 Å². The molecule has 0 atom stereocenters. The normalized spacial score (nSPS) is 11.4. The minimum absolute atomic E-state index is 0.401. The first-order valence-electron chi connectivity index (χ1n) is 7.96. The molecule has 154 valence electrons. The summed E-state index contributed by atoms with van der Waals surface area (Å²) in [5.74, 6) is -2.78. The fourth-order valence-electron chi connectivity index (χ4n) is 2.01. The maximum atomic E-state index is 13.1. The van der Waals surface area contributed by atoms with E-state index in [-0.39, 0.29) is 0 Å². The van der Waals surface area contributed by atoms with Crippen LogP contribution in [0.4, 0.5) is 23.2 Å². The number of anilines is 1. The highest BCUT2D eigenvalue weighted by molar-refractivity contribution is 6.39. The van der Waals surface area contributed by atoms with Gasteiger partial charge in [-0.25, -0.2) is 5.43 Å². The number of methoxy groups -OCH3 is 1. The van der Waals surface area contributed by atoms with Gasteiger partial charge in [0.05, 0.1) is 19.0 Å². The predicted molar refractivity (Wildman–Crippen MR) is 95.4 cm³/mol. The maximum Gasteiger partial charge on any atom is 0.461 e. The second-order valence-corrected chi connectivity index (χ2v) is 5.36. The minimum atomic E-state index is -4.78. The van der Waals surface area contributed by atoms with E-state index in [1.807, 2.05) is 10.7 Å². The Kier molecular flexibility index (Phi) is 7.12. The van der Waals surface area contributed by atoms with Gasteiger partial charge in [-0.3, -0.25) is 9.59 Å². The molecule has 0 aromatic heterocycles. The lowest BCUT2D eigenvalue weighted by atomic mass is 10.2. The van der Waals surface area contributed by atoms with Gasteiger partial charge in [0.15, 0.2) is 0 Å². The van der Waals surface area contributed by atoms with Crippen molar-refractivity contribution in [3.63, 3.8) is 0 Å². The lowest BCUT2D eigenvalue weighted by Crippen LogP contribution is -2.35. The Morgan fingerprint density at radius 2 is 1.66 bits per heavy atom. The molecule has 0 fully saturated rings. The number of para-hydroxylation sites is 3. The van der Waals surface area contributed by atoms with Crippen LogP contribution in [0.15, 0.2) is 53.6 Å². The van der Waals surface area contributed by atoms with Crippen molar-refractivity contribution in [1.29, 1.82) is 0 Å². The Balaban J connectivity index is 2.03. The highest BCUT2D eigenvalue weighted by Gasteiger charge is 2.44. The lowest BCUT2D eigenvalue weighted by molar-refractivity contribution is -0.252. The first-order valence-corrected chi connectivity index (χ1v) is 7.96. The van der Waals surface area contributed by atoms with Gasteiger partial charge in [-0.05, 0) is 24.3 Å². The van der Waals surface area contributed by atoms with Crippen molar-refractivity contribution < 1.29 is 36.6 Å². The minimum Gasteiger partial charge on any atom is -0.496 e. The number of amides is 2. The molecule has 0 aliphatic heterocycles. The van der Waals surface area contributed by atoms with E-state index in [0.29, 0.717) is 11.3 Å². The number of carbonyl (C=O) groups is 2. The quantitative estimate of drug-likeness (QED) is 0.316. The Labute approximate surface area is 162 Å². The van der Waals surface area contributed by atoms with Gasteiger partial charge in [-0.15, -0.1) is 0 Å². The third-order valence-corrected chi connectivity index (χ3v) is 3.35. The van der Waals surface area contributed by atoms with Gasteiger partial charge < -0.3 is 14.8 Å². The van der Waals surface area contributed by atoms with Crippen LogP contribution in [0, 0.1) is 0 Å². The van der Waals surface area contributed by atoms with Crippen molar-refractivity contribution in [1.82, 2.24) is 5.43 Å². The molecule has 0 aliphatic rings. The molecule has 29 heavy (non-hydrogen) atoms. The van der Waals surface area contributed by atoms with Crippen LogP contribution in [-0.2, 0) is 9.59 Å². The lowest BCUT2D eigenvalue weighted by Gasteiger charge is -2.19. The highest BCUT2D eigenvalue weighted by atomic mass is 19.3. The molecule has 0 saturated heterocycles. The SMILES string of the molecule is COc1ccccc1/C=N\NC(=O)C(=O)Nc1ccccc1OC(F)(F)C(F)F. The zero-order valence-corrected chi connectivity index (χ0v) is 14.9. The number of hydrazone groups is 1. The van der Waals surface area contributed by atoms with Crippen molar-refractivity contribution in [3.05, 3.63) is 54.1 Å². The molecule has 7 nitrogen and oxygen atoms in total. The smallest absolute Gasteiger partial charge is 0.461 e. The molecule has 0 spiro atoms. The third kappa shape index (κ3) is 5.92. The van der Waals surface area contributed by atoms with E-state index in [9.17, 15) is 27.2 Å². The largest absolute Gasteiger partial charge is 0.496 e. The number of halogens is 4. The fourth-order valence-corrected chi connectivity index (χ4v) is 2.01. The molecular weight excluding hydrogens is 398 g/mol. The van der Waals surface area contributed by atoms with Crippen LogP contribution in [0.25, 0.3) is 0 Å². The molecule has 2 N–H and O–H groups in total. The Morgan fingerprint density at radius 1 is 1.03 bits per heavy atom. The zero-order chi connectivity index (χ0) is 21.4. The fraction of sp³-hybridized carbons (Fsp3) is 0.167. The number of benzene rings is 2. The summed E-state index contributed by atoms with van der Waals surface area (Å²) >= 11 is 0. The first-order chi connectivity index (χ1) is 13.7. The molecule has 2 aromatic rings. The summed E-state index contributed by atoms with van der Waals surface area (Å²) < 4.78 is 59.9. The number of hydrogen-bond donors (Lipinski definition) is 2. The van der Waals surface area contributed by atoms with E-state index < -0.39 is 35.8 Å². The monoisotopic (exact) mass is 413 g/mol. The Hall–Kier alpha value is -3.63. The number of nitrogens with zero attached hydrogens (tertiary/aromatic N) is 1. The average Bonchev–Trinajstić information content (AvgIpc) is 2.69. The van der Waals surface area contributed by atoms with Crippen LogP contribution >= 0.6 is 0 Å². The van der Waals surface area contributed by atoms with Crippen molar-refractivity contribution >= 4 is 23.7 Å². The number of carbonyl (C=O) groups excluding carboxylic acids is 2. The molecule has 0 unspecified atom stereocenters. The van der Waals surface area contributed by atoms with Gasteiger partial charge in [0.2, 0.25) is 0 Å². The second kappa shape index (κ2) is 9.53. The summed E-state index contributed by atoms with van der Waals surface area (Å²) in [7, 11) is 1.44. The molecule has 0 radical (unpaired) electrons. The van der Waals surface area contributed by atoms with E-state index in [2.05, 4.69) is 9.84 Å². The highest BCUT2D eigenvalue weighted by Crippen LogP contribution is 2.32. The van der Waals surface area contributed by atoms with Crippen LogP contribution in [0.2, 0.25) is 0 Å². The van der Waals surface area contributed by atoms with E-state index in [4.69, 9.17) is 4.74 Å². The molecule has 2 amide bonds. The van der Waals surface area contributed by atoms with Gasteiger partial charge in [-0.2, -0.15) is 22.7 Å². The summed E-state index contributed by atoms with van der Waals surface area (Å²) in [4.78, 5) is 23.7. The summed E-state index contributed by atoms with van der Waals surface area (Å²) in [6.07, 6.45) is -7.63. The Bertz CT molecular complexity index is 906. The van der Waals surface area contributed by atoms with Crippen molar-refractivity contribution in [2.45, 2.75) is 12.5 Å². The standard InChI is InChI=1S/C18H15F4N3O4/c1-28-13-8-4-2-6-11(13)10-23-25-16(27)15(26)24-12-7-3-5-9-14(12)29-18(21,22)17(19)20/h2-10,17H,1H3,(H,24,26)(H,25,27)/b23-10-. The zero-order valence-electron chi connectivity index (χ0n) is 14.9. The number of nitrogens with one attached hydrogen (secondary N) is 2. The summed E-state index contributed by atoms with van der Waals surface area (Å²) in [6, 6.07) is 11.3. The second-order valence-electron chi connectivity index (χ2n) is 5.36. The molecular formula is C18H15F4N3O4. The van der Waals surface area contributed by atoms with Crippen LogP contribution in [0.5, 0.6) is 11.5 Å². The van der Waals surface area contributed by atoms with Crippen LogP contribution < -0.4 is 20.2 Å². The molecule has 2 aromatic carbocycles. The Morgan fingerprint density at radius 3 is 2.31 bits per heavy atom. The van der Waals surface area contributed by atoms with Gasteiger partial charge in [0.25, 0.3) is 0 Å². The predicted octanol–water partition coefficient (Wildman–Crippen LogP) is 3.02. The topological polar surface area (TPSA) is 89.0 Å². The molecule has 11 heteroatoms. The number of alkyl halides is 4. The van der Waals surface area contributed by atoms with Crippen molar-refractivity contribution in [3.8, 4) is 11.5 Å². The van der Waals surface area contributed by atoms with Crippen molar-refractivity contribution in [2.24, 2.45) is 5.10 Å². The molecule has 0 saturated carbocycles. The third-order valence-electron chi connectivity index (χ3n) is 3.35. The number of ether oxygens (including phenoxy) is 2. The summed E-state index contributed by atoms with van der Waals surface area (Å²) in [5.41, 5.74) is 2.06. The van der Waals surface area contributed by atoms with Gasteiger partial charge in [-0.1, -0.05) is 24.3 Å². The molecule has 0 heterocycles. The van der Waals surface area contributed by atoms with Crippen molar-refractivity contribution in [2.75, 3.05) is 12.4 Å². The van der Waals surface area contributed by atoms with Gasteiger partial charge >= 0.3 is 24.3 Å². The molecule has 2 rings (SSSR count). The first kappa shape index (κ1) is 21.7. The molecule has 0 bridgehead atoms.